The highest BCUT2D eigenvalue weighted by Crippen LogP contribution is 2.63. The smallest absolute Gasteiger partial charge is 0.164 e. The van der Waals surface area contributed by atoms with Gasteiger partial charge in [0.1, 0.15) is 0 Å². The van der Waals surface area contributed by atoms with Crippen LogP contribution in [0.5, 0.6) is 0 Å². The van der Waals surface area contributed by atoms with Crippen molar-refractivity contribution in [2.45, 2.75) is 18.3 Å². The molecule has 0 amide bonds. The molecule has 3 nitrogen and oxygen atoms in total. The third-order valence-electron chi connectivity index (χ3n) is 15.5. The van der Waals surface area contributed by atoms with Crippen LogP contribution >= 0.6 is 0 Å². The fraction of sp³-hybridized carbons (Fsp3) is 0.0455. The highest BCUT2D eigenvalue weighted by molar-refractivity contribution is 5.96. The molecule has 320 valence electrons. The first-order valence-electron chi connectivity index (χ1n) is 24.0. The summed E-state index contributed by atoms with van der Waals surface area (Å²) in [5.41, 5.74) is 28.3. The Morgan fingerprint density at radius 3 is 1.09 bits per heavy atom. The predicted molar refractivity (Wildman–Crippen MR) is 280 cm³/mol. The zero-order chi connectivity index (χ0) is 45.2. The molecular weight excluding hydrogens is 835 g/mol. The molecule has 0 saturated heterocycles. The fourth-order valence-corrected chi connectivity index (χ4v) is 12.5. The maximum atomic E-state index is 5.41. The van der Waals surface area contributed by atoms with Gasteiger partial charge < -0.3 is 0 Å². The zero-order valence-corrected chi connectivity index (χ0v) is 37.6. The summed E-state index contributed by atoms with van der Waals surface area (Å²) in [4.78, 5) is 16.2. The van der Waals surface area contributed by atoms with Crippen LogP contribution in [0.1, 0.15) is 44.5 Å². The monoisotopic (exact) mass is 875 g/mol. The highest BCUT2D eigenvalue weighted by Gasteiger charge is 2.51. The molecule has 0 saturated carbocycles. The Morgan fingerprint density at radius 2 is 0.594 bits per heavy atom. The minimum atomic E-state index is -0.425. The molecule has 0 aliphatic heterocycles. The Labute approximate surface area is 401 Å². The van der Waals surface area contributed by atoms with E-state index in [1.165, 1.54) is 100 Å². The van der Waals surface area contributed by atoms with Crippen LogP contribution in [0.2, 0.25) is 0 Å². The third-order valence-corrected chi connectivity index (χ3v) is 15.5. The van der Waals surface area contributed by atoms with Crippen molar-refractivity contribution in [3.8, 4) is 101 Å². The van der Waals surface area contributed by atoms with Crippen LogP contribution in [0, 0.1) is 0 Å². The molecule has 1 aromatic heterocycles. The van der Waals surface area contributed by atoms with Crippen LogP contribution in [-0.2, 0) is 18.3 Å². The fourth-order valence-electron chi connectivity index (χ4n) is 12.5. The SMILES string of the molecule is c1cc(-c2nc(-c3cccc(-c4cccc5c4Cc4ccccc4-5)c3)nc(-c3ccc4c(c3)-c3ccccc3C43c4ccccc4-c4ccccc43)n2)cc(-c2cccc3c2Cc2ccccc2-3)c1. The van der Waals surface area contributed by atoms with Crippen LogP contribution in [0.4, 0.5) is 0 Å². The second kappa shape index (κ2) is 14.6. The molecule has 0 bridgehead atoms. The van der Waals surface area contributed by atoms with E-state index < -0.39 is 5.41 Å². The lowest BCUT2D eigenvalue weighted by atomic mass is 9.70. The highest BCUT2D eigenvalue weighted by atomic mass is 15.0. The van der Waals surface area contributed by atoms with Gasteiger partial charge in [-0.1, -0.05) is 206 Å². The molecule has 15 rings (SSSR count). The van der Waals surface area contributed by atoms with Gasteiger partial charge in [0.05, 0.1) is 5.41 Å². The molecule has 4 aliphatic rings. The third kappa shape index (κ3) is 5.53. The summed E-state index contributed by atoms with van der Waals surface area (Å²) < 4.78 is 0. The lowest BCUT2D eigenvalue weighted by molar-refractivity contribution is 0.794. The Bertz CT molecular complexity index is 3780. The lowest BCUT2D eigenvalue weighted by Crippen LogP contribution is -2.25. The summed E-state index contributed by atoms with van der Waals surface area (Å²) in [6.45, 7) is 0. The average molecular weight is 876 g/mol. The molecule has 0 radical (unpaired) electrons. The molecule has 0 N–H and O–H groups in total. The maximum Gasteiger partial charge on any atom is 0.164 e. The summed E-state index contributed by atoms with van der Waals surface area (Å²) in [5.74, 6) is 1.93. The molecule has 4 aliphatic carbocycles. The van der Waals surface area contributed by atoms with Gasteiger partial charge in [0.25, 0.3) is 0 Å². The normalized spacial score (nSPS) is 13.5. The Kier molecular flexibility index (Phi) is 8.11. The van der Waals surface area contributed by atoms with E-state index in [9.17, 15) is 0 Å². The molecule has 10 aromatic carbocycles. The lowest BCUT2D eigenvalue weighted by Gasteiger charge is -2.30. The molecule has 1 spiro atoms. The molecule has 0 unspecified atom stereocenters. The van der Waals surface area contributed by atoms with Crippen LogP contribution in [0.15, 0.2) is 224 Å². The summed E-state index contributed by atoms with van der Waals surface area (Å²) in [7, 11) is 0. The van der Waals surface area contributed by atoms with E-state index >= 15 is 0 Å². The van der Waals surface area contributed by atoms with E-state index in [1.54, 1.807) is 0 Å². The van der Waals surface area contributed by atoms with E-state index in [2.05, 4.69) is 224 Å². The Hall–Kier alpha value is -8.79. The molecular formula is C66H41N3. The van der Waals surface area contributed by atoms with Crippen LogP contribution in [-0.4, -0.2) is 15.0 Å². The van der Waals surface area contributed by atoms with E-state index in [0.717, 1.165) is 40.7 Å². The van der Waals surface area contributed by atoms with Gasteiger partial charge in [-0.15, -0.1) is 0 Å². The summed E-state index contributed by atoms with van der Waals surface area (Å²) in [6.07, 6.45) is 1.83. The van der Waals surface area contributed by atoms with Crippen molar-refractivity contribution >= 4 is 0 Å². The van der Waals surface area contributed by atoms with Crippen molar-refractivity contribution < 1.29 is 0 Å². The van der Waals surface area contributed by atoms with Crippen molar-refractivity contribution in [3.63, 3.8) is 0 Å². The predicted octanol–water partition coefficient (Wildman–Crippen LogP) is 15.7. The van der Waals surface area contributed by atoms with Gasteiger partial charge in [-0.25, -0.2) is 15.0 Å². The maximum absolute atomic E-state index is 5.41. The number of rotatable bonds is 5. The molecule has 11 aromatic rings. The number of benzene rings is 10. The Balaban J connectivity index is 0.906. The number of fused-ring (bicyclic) bond motifs is 16. The van der Waals surface area contributed by atoms with Crippen LogP contribution in [0.25, 0.3) is 101 Å². The first kappa shape index (κ1) is 38.3. The van der Waals surface area contributed by atoms with Gasteiger partial charge >= 0.3 is 0 Å². The van der Waals surface area contributed by atoms with Crippen LogP contribution in [0.3, 0.4) is 0 Å². The minimum absolute atomic E-state index is 0.425. The van der Waals surface area contributed by atoms with Crippen molar-refractivity contribution in [2.24, 2.45) is 0 Å². The van der Waals surface area contributed by atoms with Gasteiger partial charge in [0.15, 0.2) is 17.5 Å². The number of aromatic nitrogens is 3. The molecule has 0 fully saturated rings. The second-order valence-corrected chi connectivity index (χ2v) is 18.9. The number of hydrogen-bond donors (Lipinski definition) is 0. The topological polar surface area (TPSA) is 38.7 Å². The van der Waals surface area contributed by atoms with Crippen LogP contribution < -0.4 is 0 Å². The van der Waals surface area contributed by atoms with Gasteiger partial charge in [-0.3, -0.25) is 0 Å². The molecule has 1 heterocycles. The first-order valence-corrected chi connectivity index (χ1v) is 24.0. The van der Waals surface area contributed by atoms with Crippen molar-refractivity contribution in [1.82, 2.24) is 15.0 Å². The first-order chi connectivity index (χ1) is 34.2. The van der Waals surface area contributed by atoms with Gasteiger partial charge in [-0.2, -0.15) is 0 Å². The number of nitrogens with zero attached hydrogens (tertiary/aromatic N) is 3. The van der Waals surface area contributed by atoms with E-state index in [1.807, 2.05) is 0 Å². The van der Waals surface area contributed by atoms with Crippen molar-refractivity contribution in [3.05, 3.63) is 269 Å². The quantitative estimate of drug-likeness (QED) is 0.173. The van der Waals surface area contributed by atoms with E-state index in [0.29, 0.717) is 17.5 Å². The Morgan fingerprint density at radius 1 is 0.246 bits per heavy atom. The van der Waals surface area contributed by atoms with Gasteiger partial charge in [-0.05, 0) is 142 Å². The van der Waals surface area contributed by atoms with E-state index in [-0.39, 0.29) is 0 Å². The largest absolute Gasteiger partial charge is 0.208 e. The van der Waals surface area contributed by atoms with Gasteiger partial charge in [0, 0.05) is 16.7 Å². The average Bonchev–Trinajstić information content (AvgIpc) is 4.16. The van der Waals surface area contributed by atoms with Crippen molar-refractivity contribution in [2.75, 3.05) is 0 Å². The summed E-state index contributed by atoms with van der Waals surface area (Å²) in [5, 5.41) is 0. The number of hydrogen-bond acceptors (Lipinski definition) is 3. The zero-order valence-electron chi connectivity index (χ0n) is 37.6. The molecule has 69 heavy (non-hydrogen) atoms. The van der Waals surface area contributed by atoms with E-state index in [4.69, 9.17) is 15.0 Å². The minimum Gasteiger partial charge on any atom is -0.208 e. The summed E-state index contributed by atoms with van der Waals surface area (Å²) >= 11 is 0. The molecule has 0 atom stereocenters. The standard InChI is InChI=1S/C66H41N3/c1-3-21-47-42(15-1)37-56-49(26-13-28-51(47)56)40-17-11-19-44(35-40)63-67-64(45-20-12-18-41(36-45)50-27-14-29-52-48-22-4-2-16-43(48)38-57(50)52)69-65(68-63)46-33-34-62-58(39-46)55-25-7-10-32-61(55)66(62)59-30-8-5-23-53(59)54-24-6-9-31-60(54)66/h1-36,39H,37-38H2. The van der Waals surface area contributed by atoms with Gasteiger partial charge in [0.2, 0.25) is 0 Å². The second-order valence-electron chi connectivity index (χ2n) is 18.9. The summed E-state index contributed by atoms with van der Waals surface area (Å²) in [6, 6.07) is 82.3. The molecule has 3 heteroatoms. The van der Waals surface area contributed by atoms with Crippen molar-refractivity contribution in [1.29, 1.82) is 0 Å².